The second-order valence-electron chi connectivity index (χ2n) is 16.2. The van der Waals surface area contributed by atoms with Crippen LogP contribution in [0.2, 0.25) is 0 Å². The Bertz CT molecular complexity index is 2360. The van der Waals surface area contributed by atoms with E-state index in [9.17, 15) is 44.4 Å². The Morgan fingerprint density at radius 1 is 0.968 bits per heavy atom. The number of ether oxygens (including phenoxy) is 4. The molecule has 3 aliphatic rings. The van der Waals surface area contributed by atoms with E-state index in [4.69, 9.17) is 24.5 Å². The number of aliphatic hydroxyl groups is 4. The number of rotatable bonds is 13. The van der Waals surface area contributed by atoms with Gasteiger partial charge in [0.2, 0.25) is 5.78 Å². The minimum absolute atomic E-state index is 0.0547. The molecular formula is C45H48N4O13. The van der Waals surface area contributed by atoms with Crippen molar-refractivity contribution in [2.24, 2.45) is 16.4 Å². The normalized spacial score (nSPS) is 27.5. The summed E-state index contributed by atoms with van der Waals surface area (Å²) in [6.07, 6.45) is -7.24. The van der Waals surface area contributed by atoms with E-state index in [0.29, 0.717) is 5.56 Å². The number of nitrogens with zero attached hydrogens (tertiary/aromatic N) is 3. The maximum absolute atomic E-state index is 14.6. The van der Waals surface area contributed by atoms with E-state index in [-0.39, 0.29) is 46.6 Å². The second-order valence-corrected chi connectivity index (χ2v) is 16.2. The molecule has 0 aromatic heterocycles. The number of azide groups is 1. The molecule has 0 spiro atoms. The Hall–Kier alpha value is -6.36. The highest BCUT2D eigenvalue weighted by atomic mass is 16.6. The van der Waals surface area contributed by atoms with Crippen molar-refractivity contribution in [2.45, 2.75) is 89.1 Å². The standard InChI is InChI=1S/C45H48N4O13/c1-24-31(60-42(57)38(54)35(27-13-8-6-9-14-27)47-40(55)28-15-10-7-11-16-28)22-45(58)39(61-41(56)29-17-12-18-30(21-29)48-49-46)34(25(2)36(52)37(53)33(24)43(45,4)5)44(62-26(3)51)23-59-32(44)19-20-50/h6-18,21,31-32,34-35,38-39,50,52,54,58H,19-20,22-23H2,1-5H3,(H,47,55)/b36-25+/t31-,32+,34+,35-,38+,39-,44-,45+/m0/s1. The summed E-state index contributed by atoms with van der Waals surface area (Å²) in [7, 11) is 0. The number of aliphatic hydroxyl groups excluding tert-OH is 3. The molecule has 62 heavy (non-hydrogen) atoms. The number of benzene rings is 3. The zero-order valence-corrected chi connectivity index (χ0v) is 34.7. The molecule has 2 aliphatic carbocycles. The van der Waals surface area contributed by atoms with E-state index in [1.165, 1.54) is 52.0 Å². The fraction of sp³-hybridized carbons (Fsp3) is 0.400. The van der Waals surface area contributed by atoms with Crippen LogP contribution in [0.15, 0.2) is 113 Å². The Morgan fingerprint density at radius 3 is 2.21 bits per heavy atom. The molecule has 17 nitrogen and oxygen atoms in total. The van der Waals surface area contributed by atoms with Crippen molar-refractivity contribution < 1.29 is 63.3 Å². The van der Waals surface area contributed by atoms with E-state index < -0.39 is 101 Å². The first-order chi connectivity index (χ1) is 29.4. The molecule has 8 atom stereocenters. The highest BCUT2D eigenvalue weighted by Gasteiger charge is 2.69. The fourth-order valence-corrected chi connectivity index (χ4v) is 8.98. The minimum atomic E-state index is -2.44. The van der Waals surface area contributed by atoms with Gasteiger partial charge in [-0.25, -0.2) is 9.59 Å². The van der Waals surface area contributed by atoms with E-state index in [2.05, 4.69) is 15.3 Å². The Morgan fingerprint density at radius 2 is 1.61 bits per heavy atom. The lowest BCUT2D eigenvalue weighted by atomic mass is 9.53. The third kappa shape index (κ3) is 8.20. The van der Waals surface area contributed by atoms with Crippen LogP contribution in [-0.4, -0.2) is 98.9 Å². The van der Waals surface area contributed by atoms with E-state index in [0.717, 1.165) is 6.92 Å². The molecule has 3 aromatic rings. The predicted molar refractivity (Wildman–Crippen MR) is 219 cm³/mol. The number of allylic oxidation sites excluding steroid dienone is 1. The smallest absolute Gasteiger partial charge is 0.338 e. The van der Waals surface area contributed by atoms with Crippen molar-refractivity contribution in [1.82, 2.24) is 5.32 Å². The van der Waals surface area contributed by atoms with Gasteiger partial charge in [-0.1, -0.05) is 79.6 Å². The number of carbonyl (C=O) groups is 5. The van der Waals surface area contributed by atoms with Crippen molar-refractivity contribution in [1.29, 1.82) is 0 Å². The Balaban J connectivity index is 1.49. The van der Waals surface area contributed by atoms with Crippen LogP contribution in [0.25, 0.3) is 10.4 Å². The SMILES string of the molecule is CC(=O)O[C@@]1([C@@H]2/C(C)=C(/O)C(=O)C3=C(C)[C@@H](OC(=O)[C@H](O)[C@@H](NC(=O)c4ccccc4)c4ccccc4)C[C@@](O)([C@H]2OC(=O)c2cccc(N=[N+]=[N-])c2)C3(C)C)CO[C@@H]1CCO. The molecule has 0 unspecified atom stereocenters. The molecule has 5 N–H and O–H groups in total. The fourth-order valence-electron chi connectivity index (χ4n) is 8.98. The van der Waals surface area contributed by atoms with Gasteiger partial charge in [-0.15, -0.1) is 0 Å². The molecule has 1 amide bonds. The number of amides is 1. The zero-order chi connectivity index (χ0) is 45.1. The average Bonchev–Trinajstić information content (AvgIpc) is 3.25. The first-order valence-electron chi connectivity index (χ1n) is 19.9. The second kappa shape index (κ2) is 17.9. The van der Waals surface area contributed by atoms with E-state index in [1.807, 2.05) is 0 Å². The highest BCUT2D eigenvalue weighted by Crippen LogP contribution is 2.58. The third-order valence-electron chi connectivity index (χ3n) is 12.2. The highest BCUT2D eigenvalue weighted by molar-refractivity contribution is 6.09. The molecule has 1 aliphatic heterocycles. The molecule has 1 heterocycles. The average molecular weight is 853 g/mol. The van der Waals surface area contributed by atoms with Crippen LogP contribution in [0.3, 0.4) is 0 Å². The van der Waals surface area contributed by atoms with Gasteiger partial charge in [-0.05, 0) is 60.4 Å². The van der Waals surface area contributed by atoms with Gasteiger partial charge in [-0.3, -0.25) is 14.4 Å². The number of hydrogen-bond donors (Lipinski definition) is 5. The number of ketones is 1. The number of fused-ring (bicyclic) bond motifs is 2. The summed E-state index contributed by atoms with van der Waals surface area (Å²) in [6, 6.07) is 20.4. The predicted octanol–water partition coefficient (Wildman–Crippen LogP) is 5.19. The van der Waals surface area contributed by atoms with Crippen LogP contribution in [0.1, 0.15) is 79.8 Å². The number of esters is 3. The van der Waals surface area contributed by atoms with Crippen molar-refractivity contribution in [3.63, 3.8) is 0 Å². The van der Waals surface area contributed by atoms with Crippen LogP contribution in [0.4, 0.5) is 5.69 Å². The molecular weight excluding hydrogens is 805 g/mol. The summed E-state index contributed by atoms with van der Waals surface area (Å²) in [4.78, 5) is 72.1. The molecule has 0 saturated carbocycles. The number of nitrogens with one attached hydrogen (secondary N) is 1. The van der Waals surface area contributed by atoms with Crippen molar-refractivity contribution in [2.75, 3.05) is 13.2 Å². The molecule has 17 heteroatoms. The van der Waals surface area contributed by atoms with Gasteiger partial charge in [0.05, 0.1) is 24.1 Å². The summed E-state index contributed by atoms with van der Waals surface area (Å²) < 4.78 is 24.0. The van der Waals surface area contributed by atoms with Crippen LogP contribution in [0.5, 0.6) is 0 Å². The van der Waals surface area contributed by atoms with E-state index >= 15 is 0 Å². The van der Waals surface area contributed by atoms with Crippen LogP contribution < -0.4 is 5.32 Å². The number of Topliss-reactive ketones (excluding diaryl/α,β-unsaturated/α-hetero) is 1. The molecule has 6 rings (SSSR count). The molecule has 1 fully saturated rings. The van der Waals surface area contributed by atoms with Crippen molar-refractivity contribution >= 4 is 35.3 Å². The van der Waals surface area contributed by atoms with Gasteiger partial charge in [-0.2, -0.15) is 0 Å². The Labute approximate surface area is 356 Å². The minimum Gasteiger partial charge on any atom is -0.504 e. The monoisotopic (exact) mass is 852 g/mol. The summed E-state index contributed by atoms with van der Waals surface area (Å²) in [5.41, 5.74) is 3.29. The molecule has 326 valence electrons. The number of hydrogen-bond acceptors (Lipinski definition) is 14. The maximum Gasteiger partial charge on any atom is 0.338 e. The first kappa shape index (κ1) is 45.2. The molecule has 3 aromatic carbocycles. The molecule has 0 radical (unpaired) electrons. The van der Waals surface area contributed by atoms with Gasteiger partial charge in [0.25, 0.3) is 5.91 Å². The zero-order valence-electron chi connectivity index (χ0n) is 34.7. The topological polar surface area (TPSA) is 264 Å². The molecule has 1 saturated heterocycles. The quantitative estimate of drug-likeness (QED) is 0.0488. The van der Waals surface area contributed by atoms with E-state index in [1.54, 1.807) is 60.7 Å². The first-order valence-corrected chi connectivity index (χ1v) is 19.9. The van der Waals surface area contributed by atoms with Gasteiger partial charge in [0.1, 0.15) is 23.9 Å². The van der Waals surface area contributed by atoms with Crippen LogP contribution >= 0.6 is 0 Å². The van der Waals surface area contributed by atoms with Gasteiger partial charge >= 0.3 is 17.9 Å². The van der Waals surface area contributed by atoms with Gasteiger partial charge in [0.15, 0.2) is 17.5 Å². The third-order valence-corrected chi connectivity index (χ3v) is 12.2. The van der Waals surface area contributed by atoms with Crippen LogP contribution in [0, 0.1) is 11.3 Å². The maximum atomic E-state index is 14.6. The lowest BCUT2D eigenvalue weighted by Crippen LogP contribution is -2.73. The summed E-state index contributed by atoms with van der Waals surface area (Å²) >= 11 is 0. The van der Waals surface area contributed by atoms with Gasteiger partial charge in [0, 0.05) is 53.5 Å². The lowest BCUT2D eigenvalue weighted by Gasteiger charge is -2.60. The van der Waals surface area contributed by atoms with Crippen LogP contribution in [-0.2, 0) is 33.3 Å². The van der Waals surface area contributed by atoms with Crippen molar-refractivity contribution in [3.05, 3.63) is 135 Å². The summed E-state index contributed by atoms with van der Waals surface area (Å²) in [5.74, 6) is -7.12. The Kier molecular flexibility index (Phi) is 13.1. The van der Waals surface area contributed by atoms with Crippen molar-refractivity contribution in [3.8, 4) is 0 Å². The number of carbonyl (C=O) groups excluding carboxylic acids is 5. The summed E-state index contributed by atoms with van der Waals surface area (Å²) in [5, 5.41) is 53.3. The summed E-state index contributed by atoms with van der Waals surface area (Å²) in [6.45, 7) is 6.07. The van der Waals surface area contributed by atoms with Gasteiger partial charge < -0.3 is 44.7 Å². The lowest BCUT2D eigenvalue weighted by molar-refractivity contribution is -0.295. The molecule has 2 bridgehead atoms. The largest absolute Gasteiger partial charge is 0.504 e.